The van der Waals surface area contributed by atoms with Gasteiger partial charge in [0, 0.05) is 52.3 Å². The molecule has 0 saturated heterocycles. The van der Waals surface area contributed by atoms with E-state index in [-0.39, 0.29) is 5.41 Å². The third-order valence-corrected chi connectivity index (χ3v) is 10.6. The minimum atomic E-state index is -0.288. The molecule has 0 amide bonds. The van der Waals surface area contributed by atoms with Crippen molar-refractivity contribution < 1.29 is 4.74 Å². The molecule has 0 bridgehead atoms. The summed E-state index contributed by atoms with van der Waals surface area (Å²) in [5.41, 5.74) is 10.8. The second-order valence-corrected chi connectivity index (χ2v) is 14.0. The molecule has 250 valence electrons. The lowest BCUT2D eigenvalue weighted by Gasteiger charge is -2.41. The summed E-state index contributed by atoms with van der Waals surface area (Å²) in [5.74, 6) is 3.30. The largest absolute Gasteiger partial charge is 0.457 e. The van der Waals surface area contributed by atoms with Crippen molar-refractivity contribution in [3.05, 3.63) is 169 Å². The highest BCUT2D eigenvalue weighted by Crippen LogP contribution is 2.55. The van der Waals surface area contributed by atoms with Gasteiger partial charge < -0.3 is 13.9 Å². The van der Waals surface area contributed by atoms with Crippen molar-refractivity contribution in [2.24, 2.45) is 7.05 Å². The van der Waals surface area contributed by atoms with Gasteiger partial charge >= 0.3 is 0 Å². The van der Waals surface area contributed by atoms with Crippen LogP contribution in [0.5, 0.6) is 11.5 Å². The molecule has 0 saturated carbocycles. The first kappa shape index (κ1) is 30.2. The zero-order chi connectivity index (χ0) is 35.0. The number of hydrogen-bond acceptors (Lipinski definition) is 4. The van der Waals surface area contributed by atoms with E-state index in [4.69, 9.17) is 14.7 Å². The van der Waals surface area contributed by atoms with E-state index in [1.165, 1.54) is 27.4 Å². The number of aryl methyl sites for hydroxylation is 1. The molecule has 0 unspecified atom stereocenters. The maximum Gasteiger partial charge on any atom is 0.141 e. The summed E-state index contributed by atoms with van der Waals surface area (Å²) in [5, 5.41) is 2.40. The normalized spacial score (nSPS) is 13.4. The van der Waals surface area contributed by atoms with Gasteiger partial charge in [0.15, 0.2) is 0 Å². The van der Waals surface area contributed by atoms with Crippen LogP contribution >= 0.6 is 0 Å². The molecule has 9 aromatic rings. The number of rotatable bonds is 5. The summed E-state index contributed by atoms with van der Waals surface area (Å²) < 4.78 is 11.1. The predicted octanol–water partition coefficient (Wildman–Crippen LogP) is 11.6. The maximum atomic E-state index is 6.63. The Morgan fingerprint density at radius 2 is 1.33 bits per heavy atom. The fourth-order valence-electron chi connectivity index (χ4n) is 8.12. The quantitative estimate of drug-likeness (QED) is 0.182. The van der Waals surface area contributed by atoms with Crippen molar-refractivity contribution in [2.45, 2.75) is 19.3 Å². The van der Waals surface area contributed by atoms with Crippen LogP contribution in [0.25, 0.3) is 49.9 Å². The first-order valence-corrected chi connectivity index (χ1v) is 17.6. The number of fused-ring (bicyclic) bond motifs is 7. The molecule has 3 aromatic heterocycles. The van der Waals surface area contributed by atoms with Gasteiger partial charge in [-0.3, -0.25) is 4.90 Å². The second kappa shape index (κ2) is 11.4. The molecule has 0 atom stereocenters. The van der Waals surface area contributed by atoms with Crippen molar-refractivity contribution >= 4 is 50.0 Å². The fourth-order valence-corrected chi connectivity index (χ4v) is 8.12. The Morgan fingerprint density at radius 1 is 0.596 bits per heavy atom. The van der Waals surface area contributed by atoms with Gasteiger partial charge in [0.25, 0.3) is 0 Å². The van der Waals surface area contributed by atoms with Crippen LogP contribution in [0.4, 0.5) is 17.2 Å². The number of ether oxygens (including phenoxy) is 1. The molecule has 0 spiro atoms. The first-order chi connectivity index (χ1) is 25.5. The van der Waals surface area contributed by atoms with E-state index >= 15 is 0 Å². The smallest absolute Gasteiger partial charge is 0.141 e. The van der Waals surface area contributed by atoms with E-state index in [1.807, 2.05) is 48.7 Å². The zero-order valence-corrected chi connectivity index (χ0v) is 29.2. The van der Waals surface area contributed by atoms with Gasteiger partial charge in [-0.25, -0.2) is 9.97 Å². The summed E-state index contributed by atoms with van der Waals surface area (Å²) >= 11 is 0. The van der Waals surface area contributed by atoms with Gasteiger partial charge in [-0.2, -0.15) is 0 Å². The number of imidazole rings is 1. The minimum absolute atomic E-state index is 0.288. The van der Waals surface area contributed by atoms with E-state index in [1.54, 1.807) is 0 Å². The number of benzene rings is 6. The summed E-state index contributed by atoms with van der Waals surface area (Å²) in [6.45, 7) is 4.62. The van der Waals surface area contributed by atoms with E-state index in [2.05, 4.69) is 144 Å². The Kier molecular flexibility index (Phi) is 6.64. The van der Waals surface area contributed by atoms with Crippen LogP contribution in [-0.2, 0) is 12.5 Å². The average molecular weight is 674 g/mol. The van der Waals surface area contributed by atoms with E-state index in [9.17, 15) is 0 Å². The molecule has 1 aliphatic rings. The van der Waals surface area contributed by atoms with Crippen molar-refractivity contribution in [3.8, 4) is 28.6 Å². The monoisotopic (exact) mass is 673 g/mol. The standard InChI is InChI=1S/C46H35N5O/c1-46(2)36-25-26-41-42(35-20-7-9-23-39(35)50(41)31-15-5-4-6-16-31)43(36)51(45-37(46)21-13-27-47-45)32-17-12-19-34(29-32)52-33-18-11-14-30(28-33)44-48-38-22-8-10-24-40(38)49(44)3/h4-29H,1-3H3. The van der Waals surface area contributed by atoms with Gasteiger partial charge in [0.1, 0.15) is 23.1 Å². The number of pyridine rings is 1. The van der Waals surface area contributed by atoms with Crippen LogP contribution in [0.15, 0.2) is 158 Å². The molecule has 52 heavy (non-hydrogen) atoms. The molecule has 6 heteroatoms. The lowest BCUT2D eigenvalue weighted by atomic mass is 9.74. The Hall–Kier alpha value is -6.66. The Labute approximate surface area is 301 Å². The summed E-state index contributed by atoms with van der Waals surface area (Å²) in [7, 11) is 2.06. The molecule has 0 fully saturated rings. The number of anilines is 3. The third-order valence-electron chi connectivity index (χ3n) is 10.6. The Bertz CT molecular complexity index is 2830. The molecular weight excluding hydrogens is 639 g/mol. The van der Waals surface area contributed by atoms with E-state index < -0.39 is 0 Å². The van der Waals surface area contributed by atoms with Crippen LogP contribution in [0.3, 0.4) is 0 Å². The number of hydrogen-bond donors (Lipinski definition) is 0. The van der Waals surface area contributed by atoms with Crippen LogP contribution in [0.2, 0.25) is 0 Å². The summed E-state index contributed by atoms with van der Waals surface area (Å²) in [6.07, 6.45) is 1.90. The van der Waals surface area contributed by atoms with Crippen LogP contribution < -0.4 is 9.64 Å². The predicted molar refractivity (Wildman–Crippen MR) is 212 cm³/mol. The van der Waals surface area contributed by atoms with Gasteiger partial charge in [0.05, 0.1) is 33.4 Å². The third kappa shape index (κ3) is 4.50. The van der Waals surface area contributed by atoms with Gasteiger partial charge in [-0.05, 0) is 72.3 Å². The minimum Gasteiger partial charge on any atom is -0.457 e. The molecule has 0 aliphatic carbocycles. The van der Waals surface area contributed by atoms with Crippen molar-refractivity contribution in [1.29, 1.82) is 0 Å². The van der Waals surface area contributed by atoms with Gasteiger partial charge in [-0.1, -0.05) is 92.7 Å². The molecule has 0 radical (unpaired) electrons. The number of para-hydroxylation sites is 4. The Balaban J connectivity index is 1.14. The van der Waals surface area contributed by atoms with Crippen LogP contribution in [0.1, 0.15) is 25.0 Å². The second-order valence-electron chi connectivity index (χ2n) is 14.0. The van der Waals surface area contributed by atoms with Crippen molar-refractivity contribution in [1.82, 2.24) is 19.1 Å². The lowest BCUT2D eigenvalue weighted by molar-refractivity contribution is 0.483. The topological polar surface area (TPSA) is 48.1 Å². The van der Waals surface area contributed by atoms with Crippen LogP contribution in [0, 0.1) is 0 Å². The molecule has 0 N–H and O–H groups in total. The van der Waals surface area contributed by atoms with Gasteiger partial charge in [0.2, 0.25) is 0 Å². The molecule has 1 aliphatic heterocycles. The fraction of sp³-hybridized carbons (Fsp3) is 0.0870. The molecule has 4 heterocycles. The zero-order valence-electron chi connectivity index (χ0n) is 29.2. The maximum absolute atomic E-state index is 6.63. The lowest BCUT2D eigenvalue weighted by Crippen LogP contribution is -2.31. The SMILES string of the molecule is Cn1c(-c2cccc(Oc3cccc(N4c5ncccc5C(C)(C)c5ccc6c(c54)c4ccccc4n6-c4ccccc4)c3)c2)nc2ccccc21. The first-order valence-electron chi connectivity index (χ1n) is 17.6. The average Bonchev–Trinajstić information content (AvgIpc) is 3.70. The highest BCUT2D eigenvalue weighted by Gasteiger charge is 2.39. The molecule has 10 rings (SSSR count). The van der Waals surface area contributed by atoms with Crippen molar-refractivity contribution in [3.63, 3.8) is 0 Å². The number of aromatic nitrogens is 4. The van der Waals surface area contributed by atoms with Gasteiger partial charge in [-0.15, -0.1) is 0 Å². The Morgan fingerprint density at radius 3 is 2.17 bits per heavy atom. The van der Waals surface area contributed by atoms with E-state index in [0.717, 1.165) is 62.3 Å². The highest BCUT2D eigenvalue weighted by atomic mass is 16.5. The molecular formula is C46H35N5O. The summed E-state index contributed by atoms with van der Waals surface area (Å²) in [4.78, 5) is 12.3. The van der Waals surface area contributed by atoms with Crippen molar-refractivity contribution in [2.75, 3.05) is 4.90 Å². The van der Waals surface area contributed by atoms with Crippen LogP contribution in [-0.4, -0.2) is 19.1 Å². The number of nitrogens with zero attached hydrogens (tertiary/aromatic N) is 5. The van der Waals surface area contributed by atoms with E-state index in [0.29, 0.717) is 0 Å². The molecule has 6 aromatic carbocycles. The molecule has 6 nitrogen and oxygen atoms in total. The highest BCUT2D eigenvalue weighted by molar-refractivity contribution is 6.18. The summed E-state index contributed by atoms with van der Waals surface area (Å²) in [6, 6.07) is 52.9.